The summed E-state index contributed by atoms with van der Waals surface area (Å²) < 4.78 is 14.6. The van der Waals surface area contributed by atoms with Crippen LogP contribution < -0.4 is 20.9 Å². The molecule has 10 heteroatoms. The van der Waals surface area contributed by atoms with Crippen LogP contribution in [0.15, 0.2) is 54.0 Å². The fourth-order valence-corrected chi connectivity index (χ4v) is 4.16. The molecule has 2 aliphatic heterocycles. The van der Waals surface area contributed by atoms with Gasteiger partial charge in [0, 0.05) is 56.1 Å². The second kappa shape index (κ2) is 11.1. The number of rotatable bonds is 7. The Bertz CT molecular complexity index is 1140. The molecule has 0 radical (unpaired) electrons. The number of piperazine rings is 1. The predicted octanol–water partition coefficient (Wildman–Crippen LogP) is 2.57. The first-order valence-corrected chi connectivity index (χ1v) is 12.0. The summed E-state index contributed by atoms with van der Waals surface area (Å²) in [6.07, 6.45) is 4.61. The third kappa shape index (κ3) is 6.11. The third-order valence-electron chi connectivity index (χ3n) is 5.96. The van der Waals surface area contributed by atoms with E-state index in [-0.39, 0.29) is 12.5 Å². The van der Waals surface area contributed by atoms with E-state index < -0.39 is 11.9 Å². The van der Waals surface area contributed by atoms with Gasteiger partial charge in [0.15, 0.2) is 0 Å². The van der Waals surface area contributed by atoms with E-state index in [0.717, 1.165) is 31.9 Å². The minimum Gasteiger partial charge on any atom is -0.392 e. The van der Waals surface area contributed by atoms with Gasteiger partial charge in [-0.1, -0.05) is 11.6 Å². The zero-order chi connectivity index (χ0) is 24.9. The minimum atomic E-state index is -0.657. The number of nitrogens with zero attached hydrogens (tertiary/aromatic N) is 3. The molecule has 8 nitrogen and oxygen atoms in total. The molecule has 186 valence electrons. The lowest BCUT2D eigenvalue weighted by molar-refractivity contribution is -0.117. The van der Waals surface area contributed by atoms with E-state index in [2.05, 4.69) is 37.8 Å². The summed E-state index contributed by atoms with van der Waals surface area (Å²) in [5.74, 6) is -0.729. The first kappa shape index (κ1) is 25.0. The van der Waals surface area contributed by atoms with E-state index >= 15 is 0 Å². The van der Waals surface area contributed by atoms with Crippen LogP contribution in [0, 0.1) is 5.82 Å². The Morgan fingerprint density at radius 2 is 2.06 bits per heavy atom. The largest absolute Gasteiger partial charge is 0.392 e. The quantitative estimate of drug-likeness (QED) is 0.464. The van der Waals surface area contributed by atoms with E-state index in [1.807, 2.05) is 6.08 Å². The first-order chi connectivity index (χ1) is 16.8. The van der Waals surface area contributed by atoms with Crippen LogP contribution in [0.4, 0.5) is 15.8 Å². The highest BCUT2D eigenvalue weighted by molar-refractivity contribution is 6.30. The van der Waals surface area contributed by atoms with Crippen molar-refractivity contribution in [2.75, 3.05) is 56.5 Å². The maximum Gasteiger partial charge on any atom is 0.254 e. The minimum absolute atomic E-state index is 0.142. The molecule has 0 bridgehead atoms. The van der Waals surface area contributed by atoms with Gasteiger partial charge in [-0.3, -0.25) is 9.78 Å². The van der Waals surface area contributed by atoms with E-state index in [0.29, 0.717) is 39.8 Å². The van der Waals surface area contributed by atoms with Crippen LogP contribution in [0.2, 0.25) is 5.02 Å². The molecule has 0 saturated carbocycles. The number of aliphatic hydroxyl groups excluding tert-OH is 1. The number of aliphatic hydroxyl groups is 1. The summed E-state index contributed by atoms with van der Waals surface area (Å²) in [5.41, 5.74) is 3.34. The standard InChI is InChI=1S/C25H30ClFN6O2/c1-16(34)13-30-25(35)19-14-28-6-5-21(19)31-23-12-22(18-11-17(26)3-4-20(18)27)29-15-24(23)33-9-7-32(2)8-10-33/h3-5,11-12,14-16,28,34H,6-10,13H2,1-2H3,(H,29,31)(H,30,35). The summed E-state index contributed by atoms with van der Waals surface area (Å²) >= 11 is 6.13. The van der Waals surface area contributed by atoms with Crippen LogP contribution in [0.1, 0.15) is 6.92 Å². The second-order valence-electron chi connectivity index (χ2n) is 8.77. The van der Waals surface area contributed by atoms with Crippen molar-refractivity contribution >= 4 is 28.9 Å². The van der Waals surface area contributed by atoms with Crippen molar-refractivity contribution < 1.29 is 14.3 Å². The summed E-state index contributed by atoms with van der Waals surface area (Å²) in [4.78, 5) is 21.8. The highest BCUT2D eigenvalue weighted by atomic mass is 35.5. The summed E-state index contributed by atoms with van der Waals surface area (Å²) in [6.45, 7) is 5.74. The molecular weight excluding hydrogens is 471 g/mol. The smallest absolute Gasteiger partial charge is 0.254 e. The highest BCUT2D eigenvalue weighted by Gasteiger charge is 2.23. The molecule has 1 saturated heterocycles. The highest BCUT2D eigenvalue weighted by Crippen LogP contribution is 2.34. The molecule has 1 amide bonds. The molecule has 1 fully saturated rings. The number of nitrogens with one attached hydrogen (secondary N) is 3. The zero-order valence-corrected chi connectivity index (χ0v) is 20.6. The fraction of sp³-hybridized carbons (Fsp3) is 0.360. The number of pyridine rings is 1. The van der Waals surface area contributed by atoms with Gasteiger partial charge >= 0.3 is 0 Å². The van der Waals surface area contributed by atoms with Crippen LogP contribution in [-0.4, -0.2) is 73.3 Å². The average Bonchev–Trinajstić information content (AvgIpc) is 2.85. The van der Waals surface area contributed by atoms with Crippen molar-refractivity contribution in [3.8, 4) is 11.3 Å². The molecule has 0 aliphatic carbocycles. The topological polar surface area (TPSA) is 92.8 Å². The van der Waals surface area contributed by atoms with Gasteiger partial charge in [0.2, 0.25) is 0 Å². The van der Waals surface area contributed by atoms with Crippen molar-refractivity contribution in [2.45, 2.75) is 13.0 Å². The number of halogens is 2. The number of amides is 1. The Morgan fingerprint density at radius 3 is 2.80 bits per heavy atom. The molecule has 35 heavy (non-hydrogen) atoms. The molecule has 2 aromatic rings. The van der Waals surface area contributed by atoms with Gasteiger partial charge in [-0.2, -0.15) is 0 Å². The van der Waals surface area contributed by atoms with Crippen LogP contribution in [-0.2, 0) is 4.79 Å². The maximum absolute atomic E-state index is 14.6. The van der Waals surface area contributed by atoms with E-state index in [1.165, 1.54) is 12.1 Å². The van der Waals surface area contributed by atoms with Crippen molar-refractivity contribution in [3.05, 3.63) is 64.8 Å². The fourth-order valence-electron chi connectivity index (χ4n) is 3.99. The Kier molecular flexibility index (Phi) is 7.90. The van der Waals surface area contributed by atoms with Crippen LogP contribution in [0.3, 0.4) is 0 Å². The number of carbonyl (C=O) groups is 1. The Labute approximate surface area is 209 Å². The predicted molar refractivity (Wildman–Crippen MR) is 137 cm³/mol. The van der Waals surface area contributed by atoms with Crippen LogP contribution >= 0.6 is 11.6 Å². The lowest BCUT2D eigenvalue weighted by atomic mass is 10.1. The summed E-state index contributed by atoms with van der Waals surface area (Å²) in [6, 6.07) is 6.16. The molecule has 1 atom stereocenters. The number of dihydropyridines is 1. The van der Waals surface area contributed by atoms with Crippen molar-refractivity contribution in [2.24, 2.45) is 0 Å². The molecular formula is C25H30ClFN6O2. The van der Waals surface area contributed by atoms with Gasteiger partial charge in [-0.05, 0) is 44.3 Å². The van der Waals surface area contributed by atoms with Gasteiger partial charge in [0.1, 0.15) is 5.82 Å². The molecule has 4 rings (SSSR count). The van der Waals surface area contributed by atoms with Gasteiger partial charge < -0.3 is 30.9 Å². The van der Waals surface area contributed by atoms with E-state index in [4.69, 9.17) is 11.6 Å². The first-order valence-electron chi connectivity index (χ1n) is 11.6. The Hall–Kier alpha value is -3.14. The number of hydrogen-bond acceptors (Lipinski definition) is 7. The maximum atomic E-state index is 14.6. The average molecular weight is 501 g/mol. The Morgan fingerprint density at radius 1 is 1.29 bits per heavy atom. The molecule has 2 aliphatic rings. The number of likely N-dealkylation sites (N-methyl/N-ethyl adjacent to an activating group) is 1. The molecule has 1 aromatic carbocycles. The van der Waals surface area contributed by atoms with Crippen LogP contribution in [0.25, 0.3) is 11.3 Å². The van der Waals surface area contributed by atoms with Gasteiger partial charge in [0.05, 0.1) is 40.6 Å². The number of benzene rings is 1. The SMILES string of the molecule is CC(O)CNC(=O)C1=CNCC=C1Nc1cc(-c2cc(Cl)ccc2F)ncc1N1CCN(C)CC1. The molecule has 0 spiro atoms. The molecule has 1 unspecified atom stereocenters. The molecule has 4 N–H and O–H groups in total. The zero-order valence-electron chi connectivity index (χ0n) is 19.8. The summed E-state index contributed by atoms with van der Waals surface area (Å²) in [5, 5.41) is 19.2. The van der Waals surface area contributed by atoms with Crippen molar-refractivity contribution in [1.82, 2.24) is 20.5 Å². The van der Waals surface area contributed by atoms with Gasteiger partial charge in [-0.25, -0.2) is 4.39 Å². The lowest BCUT2D eigenvalue weighted by Gasteiger charge is -2.35. The third-order valence-corrected chi connectivity index (χ3v) is 6.20. The Balaban J connectivity index is 1.69. The number of carbonyl (C=O) groups excluding carboxylic acids is 1. The summed E-state index contributed by atoms with van der Waals surface area (Å²) in [7, 11) is 2.09. The van der Waals surface area contributed by atoms with Gasteiger partial charge in [-0.15, -0.1) is 0 Å². The number of anilines is 2. The monoisotopic (exact) mass is 500 g/mol. The van der Waals surface area contributed by atoms with Crippen LogP contribution in [0.5, 0.6) is 0 Å². The lowest BCUT2D eigenvalue weighted by Crippen LogP contribution is -2.44. The number of hydrogen-bond donors (Lipinski definition) is 4. The molecule has 1 aromatic heterocycles. The normalized spacial score (nSPS) is 17.2. The van der Waals surface area contributed by atoms with Crippen molar-refractivity contribution in [3.63, 3.8) is 0 Å². The van der Waals surface area contributed by atoms with Gasteiger partial charge in [0.25, 0.3) is 5.91 Å². The number of aromatic nitrogens is 1. The van der Waals surface area contributed by atoms with E-state index in [1.54, 1.807) is 31.5 Å². The van der Waals surface area contributed by atoms with E-state index in [9.17, 15) is 14.3 Å². The molecule has 3 heterocycles. The van der Waals surface area contributed by atoms with Crippen molar-refractivity contribution in [1.29, 1.82) is 0 Å². The second-order valence-corrected chi connectivity index (χ2v) is 9.21.